The molecule has 0 amide bonds. The fourth-order valence-electron chi connectivity index (χ4n) is 1.49. The molecule has 0 spiro atoms. The monoisotopic (exact) mass is 287 g/mol. The van der Waals surface area contributed by atoms with E-state index in [4.69, 9.17) is 4.74 Å². The van der Waals surface area contributed by atoms with Crippen molar-refractivity contribution in [2.75, 3.05) is 7.11 Å². The van der Waals surface area contributed by atoms with Gasteiger partial charge in [-0.05, 0) is 18.4 Å². The number of methoxy groups -OCH3 is 1. The van der Waals surface area contributed by atoms with Crippen LogP contribution < -0.4 is 9.46 Å². The SMILES string of the molecule is COc1ccsc1S(=O)(=O)N[C@H](C)c1ncc[nH]1. The maximum Gasteiger partial charge on any atom is 0.254 e. The molecule has 2 aromatic heterocycles. The molecule has 2 rings (SSSR count). The van der Waals surface area contributed by atoms with Crippen molar-refractivity contribution in [2.45, 2.75) is 17.2 Å². The largest absolute Gasteiger partial charge is 0.494 e. The Balaban J connectivity index is 2.23. The zero-order chi connectivity index (χ0) is 13.2. The highest BCUT2D eigenvalue weighted by molar-refractivity contribution is 7.91. The quantitative estimate of drug-likeness (QED) is 0.873. The van der Waals surface area contributed by atoms with Crippen LogP contribution in [0.2, 0.25) is 0 Å². The van der Waals surface area contributed by atoms with Crippen molar-refractivity contribution in [3.8, 4) is 5.75 Å². The molecule has 2 N–H and O–H groups in total. The van der Waals surface area contributed by atoms with Gasteiger partial charge in [0.15, 0.2) is 4.21 Å². The standard InChI is InChI=1S/C10H13N3O3S2/c1-7(9-11-4-5-12-9)13-18(14,15)10-8(16-2)3-6-17-10/h3-7,13H,1-2H3,(H,11,12)/t7-/m1/s1. The number of hydrogen-bond donors (Lipinski definition) is 2. The lowest BCUT2D eigenvalue weighted by atomic mass is 10.3. The Morgan fingerprint density at radius 1 is 1.56 bits per heavy atom. The van der Waals surface area contributed by atoms with Crippen molar-refractivity contribution in [3.63, 3.8) is 0 Å². The van der Waals surface area contributed by atoms with E-state index in [1.54, 1.807) is 30.8 Å². The molecule has 6 nitrogen and oxygen atoms in total. The van der Waals surface area contributed by atoms with Crippen LogP contribution in [0.25, 0.3) is 0 Å². The molecule has 0 aliphatic heterocycles. The van der Waals surface area contributed by atoms with Crippen LogP contribution in [-0.2, 0) is 10.0 Å². The summed E-state index contributed by atoms with van der Waals surface area (Å²) in [6.45, 7) is 1.72. The molecule has 18 heavy (non-hydrogen) atoms. The van der Waals surface area contributed by atoms with E-state index < -0.39 is 16.1 Å². The number of H-pyrrole nitrogens is 1. The molecule has 0 aromatic carbocycles. The summed E-state index contributed by atoms with van der Waals surface area (Å²) >= 11 is 1.11. The van der Waals surface area contributed by atoms with Crippen LogP contribution in [0.15, 0.2) is 28.0 Å². The molecular weight excluding hydrogens is 274 g/mol. The fraction of sp³-hybridized carbons (Fsp3) is 0.300. The maximum atomic E-state index is 12.2. The van der Waals surface area contributed by atoms with Gasteiger partial charge < -0.3 is 9.72 Å². The summed E-state index contributed by atoms with van der Waals surface area (Å²) in [7, 11) is -2.16. The molecule has 2 heterocycles. The van der Waals surface area contributed by atoms with Crippen LogP contribution in [-0.4, -0.2) is 25.5 Å². The molecule has 0 aliphatic rings. The molecule has 0 unspecified atom stereocenters. The molecular formula is C10H13N3O3S2. The molecule has 8 heteroatoms. The zero-order valence-electron chi connectivity index (χ0n) is 9.88. The molecule has 2 aromatic rings. The predicted octanol–water partition coefficient (Wildman–Crippen LogP) is 1.52. The van der Waals surface area contributed by atoms with E-state index in [1.807, 2.05) is 0 Å². The van der Waals surface area contributed by atoms with Gasteiger partial charge in [-0.25, -0.2) is 13.4 Å². The Bertz CT molecular complexity index is 604. The van der Waals surface area contributed by atoms with Crippen LogP contribution in [0, 0.1) is 0 Å². The van der Waals surface area contributed by atoms with E-state index in [-0.39, 0.29) is 4.21 Å². The van der Waals surface area contributed by atoms with Gasteiger partial charge in [-0.15, -0.1) is 11.3 Å². The van der Waals surface area contributed by atoms with Crippen molar-refractivity contribution >= 4 is 21.4 Å². The van der Waals surface area contributed by atoms with Crippen molar-refractivity contribution < 1.29 is 13.2 Å². The third kappa shape index (κ3) is 2.55. The number of ether oxygens (including phenoxy) is 1. The number of aromatic nitrogens is 2. The van der Waals surface area contributed by atoms with Crippen LogP contribution in [0.4, 0.5) is 0 Å². The summed E-state index contributed by atoms with van der Waals surface area (Å²) in [6.07, 6.45) is 3.22. The Hall–Kier alpha value is -1.38. The molecule has 0 radical (unpaired) electrons. The minimum absolute atomic E-state index is 0.170. The van der Waals surface area contributed by atoms with Gasteiger partial charge in [-0.2, -0.15) is 4.72 Å². The average Bonchev–Trinajstić information content (AvgIpc) is 2.99. The van der Waals surface area contributed by atoms with Crippen LogP contribution in [0.3, 0.4) is 0 Å². The van der Waals surface area contributed by atoms with E-state index >= 15 is 0 Å². The summed E-state index contributed by atoms with van der Waals surface area (Å²) in [4.78, 5) is 6.88. The lowest BCUT2D eigenvalue weighted by Gasteiger charge is -2.11. The van der Waals surface area contributed by atoms with E-state index in [2.05, 4.69) is 14.7 Å². The number of nitrogens with one attached hydrogen (secondary N) is 2. The van der Waals surface area contributed by atoms with Crippen molar-refractivity contribution in [1.82, 2.24) is 14.7 Å². The Morgan fingerprint density at radius 3 is 2.94 bits per heavy atom. The topological polar surface area (TPSA) is 84.1 Å². The highest BCUT2D eigenvalue weighted by Gasteiger charge is 2.24. The summed E-state index contributed by atoms with van der Waals surface area (Å²) in [6, 6.07) is 1.19. The van der Waals surface area contributed by atoms with Crippen LogP contribution in [0.1, 0.15) is 18.8 Å². The number of thiophene rings is 1. The van der Waals surface area contributed by atoms with Gasteiger partial charge in [-0.1, -0.05) is 0 Å². The third-order valence-corrected chi connectivity index (χ3v) is 5.31. The van der Waals surface area contributed by atoms with Gasteiger partial charge in [0.05, 0.1) is 13.2 Å². The van der Waals surface area contributed by atoms with Gasteiger partial charge in [-0.3, -0.25) is 0 Å². The number of aromatic amines is 1. The normalized spacial score (nSPS) is 13.4. The summed E-state index contributed by atoms with van der Waals surface area (Å²) in [5.74, 6) is 0.910. The van der Waals surface area contributed by atoms with Gasteiger partial charge in [0.1, 0.15) is 11.6 Å². The smallest absolute Gasteiger partial charge is 0.254 e. The van der Waals surface area contributed by atoms with E-state index in [0.29, 0.717) is 11.6 Å². The third-order valence-electron chi connectivity index (χ3n) is 2.32. The van der Waals surface area contributed by atoms with Crippen molar-refractivity contribution in [2.24, 2.45) is 0 Å². The molecule has 0 aliphatic carbocycles. The van der Waals surface area contributed by atoms with Crippen molar-refractivity contribution in [3.05, 3.63) is 29.7 Å². The molecule has 0 fully saturated rings. The number of imidazole rings is 1. The minimum atomic E-state index is -3.60. The highest BCUT2D eigenvalue weighted by atomic mass is 32.2. The van der Waals surface area contributed by atoms with E-state index in [0.717, 1.165) is 11.3 Å². The van der Waals surface area contributed by atoms with E-state index in [1.165, 1.54) is 7.11 Å². The predicted molar refractivity (Wildman–Crippen MR) is 68.2 cm³/mol. The first-order chi connectivity index (χ1) is 8.54. The second kappa shape index (κ2) is 5.09. The molecule has 0 saturated heterocycles. The number of hydrogen-bond acceptors (Lipinski definition) is 5. The first-order valence-corrected chi connectivity index (χ1v) is 7.54. The summed E-state index contributed by atoms with van der Waals surface area (Å²) < 4.78 is 32.0. The second-order valence-electron chi connectivity index (χ2n) is 3.59. The molecule has 0 bridgehead atoms. The molecule has 98 valence electrons. The van der Waals surface area contributed by atoms with Crippen LogP contribution >= 0.6 is 11.3 Å². The van der Waals surface area contributed by atoms with Gasteiger partial charge in [0.2, 0.25) is 0 Å². The average molecular weight is 287 g/mol. The summed E-state index contributed by atoms with van der Waals surface area (Å²) in [5, 5.41) is 1.67. The number of nitrogens with zero attached hydrogens (tertiary/aromatic N) is 1. The van der Waals surface area contributed by atoms with Gasteiger partial charge >= 0.3 is 0 Å². The second-order valence-corrected chi connectivity index (χ2v) is 6.42. The van der Waals surface area contributed by atoms with Gasteiger partial charge in [0, 0.05) is 12.4 Å². The zero-order valence-corrected chi connectivity index (χ0v) is 11.5. The first kappa shape index (κ1) is 13.1. The van der Waals surface area contributed by atoms with Crippen molar-refractivity contribution in [1.29, 1.82) is 0 Å². The lowest BCUT2D eigenvalue weighted by molar-refractivity contribution is 0.406. The fourth-order valence-corrected chi connectivity index (χ4v) is 3.99. The van der Waals surface area contributed by atoms with Gasteiger partial charge in [0.25, 0.3) is 10.0 Å². The molecule has 0 saturated carbocycles. The highest BCUT2D eigenvalue weighted by Crippen LogP contribution is 2.30. The Morgan fingerprint density at radius 2 is 2.33 bits per heavy atom. The van der Waals surface area contributed by atoms with E-state index in [9.17, 15) is 8.42 Å². The Kier molecular flexibility index (Phi) is 3.69. The van der Waals surface area contributed by atoms with Crippen LogP contribution in [0.5, 0.6) is 5.75 Å². The lowest BCUT2D eigenvalue weighted by Crippen LogP contribution is -2.27. The summed E-state index contributed by atoms with van der Waals surface area (Å²) in [5.41, 5.74) is 0. The maximum absolute atomic E-state index is 12.2. The number of rotatable bonds is 5. The number of sulfonamides is 1. The first-order valence-electron chi connectivity index (χ1n) is 5.17. The minimum Gasteiger partial charge on any atom is -0.494 e. The molecule has 1 atom stereocenters. The Labute approximate surface area is 109 Å².